The van der Waals surface area contributed by atoms with E-state index in [1.54, 1.807) is 22.5 Å². The third-order valence-electron chi connectivity index (χ3n) is 3.97. The van der Waals surface area contributed by atoms with Gasteiger partial charge in [0.25, 0.3) is 0 Å². The zero-order chi connectivity index (χ0) is 15.8. The van der Waals surface area contributed by atoms with Crippen LogP contribution in [0.1, 0.15) is 12.5 Å². The Hall–Kier alpha value is -0.140. The highest BCUT2D eigenvalue weighted by molar-refractivity contribution is 9.10. The van der Waals surface area contributed by atoms with E-state index in [0.29, 0.717) is 34.3 Å². The molecule has 7 heteroatoms. The number of alkyl halides is 1. The van der Waals surface area contributed by atoms with Crippen LogP contribution >= 0.6 is 27.5 Å². The van der Waals surface area contributed by atoms with Gasteiger partial charge in [0, 0.05) is 29.5 Å². The third kappa shape index (κ3) is 3.45. The van der Waals surface area contributed by atoms with Crippen LogP contribution in [-0.4, -0.2) is 50.8 Å². The van der Waals surface area contributed by atoms with Gasteiger partial charge in [0.1, 0.15) is 0 Å². The molecule has 0 saturated carbocycles. The van der Waals surface area contributed by atoms with E-state index in [1.807, 2.05) is 14.1 Å². The van der Waals surface area contributed by atoms with Crippen molar-refractivity contribution in [1.29, 1.82) is 0 Å². The molecule has 1 aliphatic rings. The molecule has 2 atom stereocenters. The molecule has 0 bridgehead atoms. The van der Waals surface area contributed by atoms with E-state index in [1.165, 1.54) is 0 Å². The molecule has 118 valence electrons. The second-order valence-corrected chi connectivity index (χ2v) is 8.76. The van der Waals surface area contributed by atoms with Gasteiger partial charge in [-0.15, -0.1) is 11.6 Å². The molecule has 1 aromatic rings. The Morgan fingerprint density at radius 3 is 2.52 bits per heavy atom. The summed E-state index contributed by atoms with van der Waals surface area (Å²) in [5, 5.41) is 0. The fourth-order valence-corrected chi connectivity index (χ4v) is 5.56. The smallest absolute Gasteiger partial charge is 0.244 e. The zero-order valence-corrected chi connectivity index (χ0v) is 15.5. The Kier molecular flexibility index (Phi) is 5.36. The maximum atomic E-state index is 12.8. The van der Waals surface area contributed by atoms with Gasteiger partial charge in [-0.2, -0.15) is 4.31 Å². The van der Waals surface area contributed by atoms with Crippen molar-refractivity contribution < 1.29 is 8.42 Å². The summed E-state index contributed by atoms with van der Waals surface area (Å²) in [7, 11) is 0.500. The van der Waals surface area contributed by atoms with Crippen LogP contribution in [0.4, 0.5) is 0 Å². The minimum Gasteiger partial charge on any atom is -0.305 e. The second-order valence-electron chi connectivity index (χ2n) is 5.73. The maximum Gasteiger partial charge on any atom is 0.244 e. The minimum atomic E-state index is -3.48. The molecular weight excluding hydrogens is 376 g/mol. The Bertz CT molecular complexity index is 621. The normalized spacial score (nSPS) is 23.9. The highest BCUT2D eigenvalue weighted by Gasteiger charge is 2.38. The van der Waals surface area contributed by atoms with Crippen molar-refractivity contribution in [3.8, 4) is 0 Å². The number of rotatable bonds is 4. The summed E-state index contributed by atoms with van der Waals surface area (Å²) in [5.74, 6) is 0.679. The predicted octanol–water partition coefficient (Wildman–Crippen LogP) is 2.76. The first-order valence-corrected chi connectivity index (χ1v) is 9.55. The van der Waals surface area contributed by atoms with Gasteiger partial charge in [-0.1, -0.05) is 13.0 Å². The minimum absolute atomic E-state index is 0.251. The number of benzene rings is 1. The molecule has 0 aromatic heterocycles. The van der Waals surface area contributed by atoms with Crippen molar-refractivity contribution in [2.45, 2.75) is 23.7 Å². The molecular formula is C14H20BrClN2O2S. The summed E-state index contributed by atoms with van der Waals surface area (Å²) < 4.78 is 27.8. The average Bonchev–Trinajstić information content (AvgIpc) is 2.81. The van der Waals surface area contributed by atoms with Crippen LogP contribution in [0.5, 0.6) is 0 Å². The van der Waals surface area contributed by atoms with Crippen molar-refractivity contribution in [1.82, 2.24) is 9.21 Å². The Morgan fingerprint density at radius 1 is 1.38 bits per heavy atom. The van der Waals surface area contributed by atoms with Gasteiger partial charge in [-0.3, -0.25) is 0 Å². The molecule has 2 unspecified atom stereocenters. The van der Waals surface area contributed by atoms with Crippen molar-refractivity contribution in [3.05, 3.63) is 28.2 Å². The van der Waals surface area contributed by atoms with Crippen molar-refractivity contribution in [3.63, 3.8) is 0 Å². The number of sulfonamides is 1. The van der Waals surface area contributed by atoms with Crippen molar-refractivity contribution in [2.75, 3.05) is 27.2 Å². The summed E-state index contributed by atoms with van der Waals surface area (Å²) in [5.41, 5.74) is 0.892. The van der Waals surface area contributed by atoms with Gasteiger partial charge in [0.05, 0.1) is 4.90 Å². The third-order valence-corrected chi connectivity index (χ3v) is 7.09. The molecule has 1 aliphatic heterocycles. The fraction of sp³-hybridized carbons (Fsp3) is 0.571. The molecule has 0 N–H and O–H groups in total. The van der Waals surface area contributed by atoms with Gasteiger partial charge in [0.15, 0.2) is 0 Å². The zero-order valence-electron chi connectivity index (χ0n) is 12.4. The lowest BCUT2D eigenvalue weighted by atomic mass is 10.1. The lowest BCUT2D eigenvalue weighted by molar-refractivity contribution is 0.263. The molecule has 1 heterocycles. The molecule has 1 saturated heterocycles. The first kappa shape index (κ1) is 17.2. The van der Waals surface area contributed by atoms with Crippen LogP contribution in [0, 0.1) is 5.92 Å². The standard InChI is InChI=1S/C14H20BrClN2O2S/c1-10-8-18(9-13(10)17(2)3)21(19,20)14-5-4-11(7-16)6-12(14)15/h4-6,10,13H,7-9H2,1-3H3. The Morgan fingerprint density at radius 2 is 2.05 bits per heavy atom. The van der Waals surface area contributed by atoms with E-state index in [0.717, 1.165) is 5.56 Å². The maximum absolute atomic E-state index is 12.8. The molecule has 1 aromatic carbocycles. The summed E-state index contributed by atoms with van der Waals surface area (Å²) >= 11 is 9.13. The van der Waals surface area contributed by atoms with Crippen LogP contribution in [-0.2, 0) is 15.9 Å². The first-order valence-electron chi connectivity index (χ1n) is 6.78. The molecule has 0 aliphatic carbocycles. The molecule has 0 spiro atoms. The van der Waals surface area contributed by atoms with Gasteiger partial charge >= 0.3 is 0 Å². The van der Waals surface area contributed by atoms with Crippen LogP contribution in [0.3, 0.4) is 0 Å². The number of hydrogen-bond acceptors (Lipinski definition) is 3. The fourth-order valence-electron chi connectivity index (χ4n) is 2.75. The quantitative estimate of drug-likeness (QED) is 0.736. The number of nitrogens with zero attached hydrogens (tertiary/aromatic N) is 2. The predicted molar refractivity (Wildman–Crippen MR) is 89.1 cm³/mol. The highest BCUT2D eigenvalue weighted by atomic mass is 79.9. The van der Waals surface area contributed by atoms with Crippen molar-refractivity contribution in [2.24, 2.45) is 5.92 Å². The topological polar surface area (TPSA) is 40.6 Å². The second kappa shape index (κ2) is 6.54. The SMILES string of the molecule is CC1CN(S(=O)(=O)c2ccc(CCl)cc2Br)CC1N(C)C. The van der Waals surface area contributed by atoms with Crippen molar-refractivity contribution >= 4 is 37.6 Å². The Labute approximate surface area is 140 Å². The monoisotopic (exact) mass is 394 g/mol. The largest absolute Gasteiger partial charge is 0.305 e. The molecule has 0 radical (unpaired) electrons. The van der Waals surface area contributed by atoms with E-state index in [2.05, 4.69) is 27.8 Å². The van der Waals surface area contributed by atoms with E-state index >= 15 is 0 Å². The summed E-state index contributed by atoms with van der Waals surface area (Å²) in [6.45, 7) is 3.17. The number of likely N-dealkylation sites (N-methyl/N-ethyl adjacent to an activating group) is 1. The van der Waals surface area contributed by atoms with E-state index in [-0.39, 0.29) is 6.04 Å². The van der Waals surface area contributed by atoms with Crippen LogP contribution < -0.4 is 0 Å². The lowest BCUT2D eigenvalue weighted by Crippen LogP contribution is -2.35. The highest BCUT2D eigenvalue weighted by Crippen LogP contribution is 2.31. The molecule has 0 amide bonds. The first-order chi connectivity index (χ1) is 9.77. The van der Waals surface area contributed by atoms with Gasteiger partial charge in [-0.25, -0.2) is 8.42 Å². The van der Waals surface area contributed by atoms with E-state index < -0.39 is 10.0 Å². The van der Waals surface area contributed by atoms with Gasteiger partial charge < -0.3 is 4.90 Å². The number of halogens is 2. The summed E-state index contributed by atoms with van der Waals surface area (Å²) in [4.78, 5) is 2.40. The van der Waals surface area contributed by atoms with Gasteiger partial charge in [0.2, 0.25) is 10.0 Å². The molecule has 4 nitrogen and oxygen atoms in total. The van der Waals surface area contributed by atoms with Crippen LogP contribution in [0.15, 0.2) is 27.6 Å². The molecule has 2 rings (SSSR count). The van der Waals surface area contributed by atoms with E-state index in [4.69, 9.17) is 11.6 Å². The summed E-state index contributed by atoms with van der Waals surface area (Å²) in [6.07, 6.45) is 0. The van der Waals surface area contributed by atoms with Crippen LogP contribution in [0.25, 0.3) is 0 Å². The Balaban J connectivity index is 2.31. The summed E-state index contributed by atoms with van der Waals surface area (Å²) in [6, 6.07) is 5.40. The van der Waals surface area contributed by atoms with Gasteiger partial charge in [-0.05, 0) is 53.6 Å². The van der Waals surface area contributed by atoms with Crippen LogP contribution in [0.2, 0.25) is 0 Å². The lowest BCUT2D eigenvalue weighted by Gasteiger charge is -2.22. The number of hydrogen-bond donors (Lipinski definition) is 0. The average molecular weight is 396 g/mol. The van der Waals surface area contributed by atoms with E-state index in [9.17, 15) is 8.42 Å². The molecule has 1 fully saturated rings. The molecule has 21 heavy (non-hydrogen) atoms.